The number of rotatable bonds is 9. The highest BCUT2D eigenvalue weighted by Gasteiger charge is 2.29. The van der Waals surface area contributed by atoms with E-state index in [1.54, 1.807) is 23.9 Å². The molecule has 6 nitrogen and oxygen atoms in total. The van der Waals surface area contributed by atoms with Gasteiger partial charge in [-0.05, 0) is 49.1 Å². The maximum Gasteiger partial charge on any atom is 0.319 e. The first kappa shape index (κ1) is 25.3. The van der Waals surface area contributed by atoms with Gasteiger partial charge in [0.2, 0.25) is 5.91 Å². The monoisotopic (exact) mass is 516 g/mol. The Morgan fingerprint density at radius 1 is 1.06 bits per heavy atom. The van der Waals surface area contributed by atoms with E-state index < -0.39 is 0 Å². The van der Waals surface area contributed by atoms with Crippen LogP contribution in [0.4, 0.5) is 4.79 Å². The van der Waals surface area contributed by atoms with Crippen LogP contribution in [0, 0.1) is 0 Å². The van der Waals surface area contributed by atoms with Crippen LogP contribution in [0.15, 0.2) is 47.1 Å². The van der Waals surface area contributed by atoms with Crippen LogP contribution < -0.4 is 0 Å². The highest BCUT2D eigenvalue weighted by Crippen LogP contribution is 2.25. The molecule has 1 heterocycles. The van der Waals surface area contributed by atoms with Gasteiger partial charge < -0.3 is 19.3 Å². The first-order valence-corrected chi connectivity index (χ1v) is 12.8. The van der Waals surface area contributed by atoms with E-state index >= 15 is 0 Å². The zero-order valence-electron chi connectivity index (χ0n) is 20.2. The summed E-state index contributed by atoms with van der Waals surface area (Å²) in [6.07, 6.45) is 8.53. The van der Waals surface area contributed by atoms with Crippen LogP contribution in [0.5, 0.6) is 0 Å². The van der Waals surface area contributed by atoms with E-state index in [9.17, 15) is 9.59 Å². The summed E-state index contributed by atoms with van der Waals surface area (Å²) in [6, 6.07) is 12.6. The van der Waals surface area contributed by atoms with Crippen molar-refractivity contribution in [1.29, 1.82) is 0 Å². The number of urea groups is 1. The molecule has 0 aliphatic heterocycles. The van der Waals surface area contributed by atoms with Gasteiger partial charge in [0.25, 0.3) is 0 Å². The summed E-state index contributed by atoms with van der Waals surface area (Å²) in [5.41, 5.74) is 2.34. The Hall–Kier alpha value is -2.28. The van der Waals surface area contributed by atoms with Gasteiger partial charge in [-0.2, -0.15) is 0 Å². The summed E-state index contributed by atoms with van der Waals surface area (Å²) in [5.74, 6) is 0.0435. The number of amides is 3. The van der Waals surface area contributed by atoms with Crippen molar-refractivity contribution in [3.05, 3.63) is 58.3 Å². The number of carbonyl (C=O) groups is 2. The lowest BCUT2D eigenvalue weighted by atomic mass is 9.94. The number of aromatic nitrogens is 1. The Balaban J connectivity index is 1.78. The van der Waals surface area contributed by atoms with Gasteiger partial charge in [-0.25, -0.2) is 4.79 Å². The minimum atomic E-state index is -0.104. The smallest absolute Gasteiger partial charge is 0.319 e. The first-order chi connectivity index (χ1) is 15.9. The lowest BCUT2D eigenvalue weighted by molar-refractivity contribution is -0.135. The number of hydrogen-bond acceptors (Lipinski definition) is 2. The second-order valence-corrected chi connectivity index (χ2v) is 10.1. The van der Waals surface area contributed by atoms with Crippen molar-refractivity contribution < 1.29 is 9.59 Å². The van der Waals surface area contributed by atoms with Crippen LogP contribution in [0.1, 0.15) is 56.7 Å². The molecule has 0 N–H and O–H groups in total. The molecule has 1 aromatic heterocycles. The summed E-state index contributed by atoms with van der Waals surface area (Å²) in [4.78, 5) is 31.5. The van der Waals surface area contributed by atoms with E-state index in [-0.39, 0.29) is 24.5 Å². The van der Waals surface area contributed by atoms with Gasteiger partial charge in [-0.3, -0.25) is 4.79 Å². The summed E-state index contributed by atoms with van der Waals surface area (Å²) in [6.45, 7) is 4.09. The topological polar surface area (TPSA) is 48.8 Å². The van der Waals surface area contributed by atoms with Crippen molar-refractivity contribution in [3.8, 4) is 0 Å². The molecule has 1 aliphatic carbocycles. The largest absolute Gasteiger partial charge is 0.345 e. The van der Waals surface area contributed by atoms with E-state index in [1.165, 1.54) is 12.0 Å². The molecule has 3 amide bonds. The molecule has 1 aromatic carbocycles. The third-order valence-corrected chi connectivity index (χ3v) is 6.86. The summed E-state index contributed by atoms with van der Waals surface area (Å²) in [5, 5.41) is 0. The van der Waals surface area contributed by atoms with Gasteiger partial charge in [0, 0.05) is 49.6 Å². The average molecular weight is 518 g/mol. The molecular weight excluding hydrogens is 480 g/mol. The number of carbonyl (C=O) groups excluding carboxylic acids is 2. The van der Waals surface area contributed by atoms with Gasteiger partial charge in [0.15, 0.2) is 0 Å². The Kier molecular flexibility index (Phi) is 9.41. The Bertz CT molecular complexity index is 903. The zero-order chi connectivity index (χ0) is 23.8. The van der Waals surface area contributed by atoms with Gasteiger partial charge in [0.1, 0.15) is 6.54 Å². The molecule has 1 aliphatic rings. The molecule has 33 heavy (non-hydrogen) atoms. The zero-order valence-corrected chi connectivity index (χ0v) is 21.8. The second-order valence-electron chi connectivity index (χ2n) is 9.17. The standard InChI is InChI=1S/C26H37BrN4O2/c1-4-16-30(26(33)28(2)3)20-25(32)31(23-9-6-5-7-10-23)19-24-11-8-17-29(24)18-21-12-14-22(27)15-13-21/h8,11-15,17,23H,4-7,9-10,16,18-20H2,1-3H3. The number of hydrogen-bond donors (Lipinski definition) is 0. The van der Waals surface area contributed by atoms with Crippen LogP contribution in [-0.2, 0) is 17.9 Å². The molecule has 7 heteroatoms. The molecule has 0 unspecified atom stereocenters. The van der Waals surface area contributed by atoms with Crippen LogP contribution in [0.2, 0.25) is 0 Å². The maximum absolute atomic E-state index is 13.6. The van der Waals surface area contributed by atoms with Crippen molar-refractivity contribution in [2.24, 2.45) is 0 Å². The maximum atomic E-state index is 13.6. The van der Waals surface area contributed by atoms with E-state index in [0.717, 1.165) is 48.8 Å². The summed E-state index contributed by atoms with van der Waals surface area (Å²) >= 11 is 3.50. The van der Waals surface area contributed by atoms with Crippen molar-refractivity contribution in [2.45, 2.75) is 64.6 Å². The van der Waals surface area contributed by atoms with Gasteiger partial charge in [0.05, 0.1) is 6.54 Å². The SMILES string of the molecule is CCCN(CC(=O)N(Cc1cccn1Cc1ccc(Br)cc1)C1CCCCC1)C(=O)N(C)C. The molecule has 3 rings (SSSR count). The Morgan fingerprint density at radius 3 is 2.39 bits per heavy atom. The molecule has 0 spiro atoms. The molecule has 0 bridgehead atoms. The van der Waals surface area contributed by atoms with E-state index in [4.69, 9.17) is 0 Å². The van der Waals surface area contributed by atoms with Gasteiger partial charge in [-0.1, -0.05) is 54.2 Å². The third kappa shape index (κ3) is 7.10. The van der Waals surface area contributed by atoms with E-state index in [2.05, 4.69) is 63.1 Å². The van der Waals surface area contributed by atoms with Crippen LogP contribution in [0.25, 0.3) is 0 Å². The predicted molar refractivity (Wildman–Crippen MR) is 136 cm³/mol. The molecule has 0 atom stereocenters. The minimum absolute atomic E-state index is 0.0435. The lowest BCUT2D eigenvalue weighted by Gasteiger charge is -2.36. The average Bonchev–Trinajstić information content (AvgIpc) is 3.25. The highest BCUT2D eigenvalue weighted by atomic mass is 79.9. The Morgan fingerprint density at radius 2 is 1.76 bits per heavy atom. The summed E-state index contributed by atoms with van der Waals surface area (Å²) < 4.78 is 3.29. The molecule has 180 valence electrons. The molecule has 2 aromatic rings. The van der Waals surface area contributed by atoms with Crippen LogP contribution in [-0.4, -0.2) is 64.4 Å². The van der Waals surface area contributed by atoms with Crippen molar-refractivity contribution >= 4 is 27.9 Å². The van der Waals surface area contributed by atoms with Gasteiger partial charge in [-0.15, -0.1) is 0 Å². The molecule has 1 saturated carbocycles. The predicted octanol–water partition coefficient (Wildman–Crippen LogP) is 5.35. The number of benzene rings is 1. The van der Waals surface area contributed by atoms with Gasteiger partial charge >= 0.3 is 6.03 Å². The Labute approximate surface area is 206 Å². The second kappa shape index (κ2) is 12.3. The normalized spacial score (nSPS) is 14.2. The van der Waals surface area contributed by atoms with Crippen molar-refractivity contribution in [2.75, 3.05) is 27.2 Å². The molecular formula is C26H37BrN4O2. The first-order valence-electron chi connectivity index (χ1n) is 12.0. The lowest BCUT2D eigenvalue weighted by Crippen LogP contribution is -2.49. The minimum Gasteiger partial charge on any atom is -0.345 e. The van der Waals surface area contributed by atoms with Crippen molar-refractivity contribution in [3.63, 3.8) is 0 Å². The molecule has 0 radical (unpaired) electrons. The molecule has 1 fully saturated rings. The van der Waals surface area contributed by atoms with E-state index in [0.29, 0.717) is 13.1 Å². The van der Waals surface area contributed by atoms with Crippen molar-refractivity contribution in [1.82, 2.24) is 19.3 Å². The van der Waals surface area contributed by atoms with Crippen LogP contribution in [0.3, 0.4) is 0 Å². The molecule has 0 saturated heterocycles. The fourth-order valence-corrected chi connectivity index (χ4v) is 4.84. The third-order valence-electron chi connectivity index (χ3n) is 6.33. The number of nitrogens with zero attached hydrogens (tertiary/aromatic N) is 4. The summed E-state index contributed by atoms with van der Waals surface area (Å²) in [7, 11) is 3.48. The quantitative estimate of drug-likeness (QED) is 0.450. The fraction of sp³-hybridized carbons (Fsp3) is 0.538. The van der Waals surface area contributed by atoms with Crippen LogP contribution >= 0.6 is 15.9 Å². The van der Waals surface area contributed by atoms with E-state index in [1.807, 2.05) is 11.8 Å². The fourth-order valence-electron chi connectivity index (χ4n) is 4.57. The number of halogens is 1. The highest BCUT2D eigenvalue weighted by molar-refractivity contribution is 9.10.